The highest BCUT2D eigenvalue weighted by Gasteiger charge is 2.49. The molecule has 0 aliphatic carbocycles. The number of phenols is 2. The average molecular weight is 803 g/mol. The number of aromatic hydroxyl groups is 2. The summed E-state index contributed by atoms with van der Waals surface area (Å²) in [5.41, 5.74) is 0.227. The smallest absolute Gasteiger partial charge is 0.229 e. The molecule has 0 aromatic heterocycles. The van der Waals surface area contributed by atoms with E-state index in [1.165, 1.54) is 45.4 Å². The first-order valence-corrected chi connectivity index (χ1v) is 17.4. The number of hydrogen-bond donors (Lipinski definition) is 12. The van der Waals surface area contributed by atoms with Gasteiger partial charge in [0, 0.05) is 17.7 Å². The Hall–Kier alpha value is -3.78. The van der Waals surface area contributed by atoms with Crippen molar-refractivity contribution in [3.8, 4) is 34.5 Å². The van der Waals surface area contributed by atoms with E-state index in [4.69, 9.17) is 42.6 Å². The van der Waals surface area contributed by atoms with Gasteiger partial charge in [0.2, 0.25) is 18.3 Å². The number of methoxy groups -OCH3 is 2. The number of aliphatic hydroxyl groups excluding tert-OH is 10. The second-order valence-corrected chi connectivity index (χ2v) is 13.6. The molecule has 2 aromatic carbocycles. The lowest BCUT2D eigenvalue weighted by atomic mass is 9.98. The molecule has 0 spiro atoms. The van der Waals surface area contributed by atoms with E-state index in [9.17, 15) is 61.3 Å². The SMILES string of the molecule is COc1cc(C2Oc3cc(O)cc(OC4OC(CO)C(O)C(O)C4O)c3C=C2OC2OC(COC3OC(C)C(O)C(O)C3O)C(O)C(O)C2O)cc(OC)c1O. The monoisotopic (exact) mass is 802 g/mol. The fraction of sp³-hybridized carbons (Fsp3) is 0.600. The quantitative estimate of drug-likeness (QED) is 0.105. The highest BCUT2D eigenvalue weighted by molar-refractivity contribution is 5.70. The minimum absolute atomic E-state index is 0.0211. The molecule has 0 saturated carbocycles. The molecular weight excluding hydrogens is 756 g/mol. The Labute approximate surface area is 318 Å². The van der Waals surface area contributed by atoms with Crippen molar-refractivity contribution >= 4 is 6.08 Å². The highest BCUT2D eigenvalue weighted by atomic mass is 16.7. The first-order chi connectivity index (χ1) is 26.6. The molecule has 3 saturated heterocycles. The third-order valence-electron chi connectivity index (χ3n) is 9.93. The lowest BCUT2D eigenvalue weighted by Gasteiger charge is -2.43. The molecule has 56 heavy (non-hydrogen) atoms. The van der Waals surface area contributed by atoms with Gasteiger partial charge in [0.1, 0.15) is 90.2 Å². The zero-order chi connectivity index (χ0) is 40.7. The van der Waals surface area contributed by atoms with Gasteiger partial charge >= 0.3 is 0 Å². The Balaban J connectivity index is 1.35. The van der Waals surface area contributed by atoms with Crippen molar-refractivity contribution in [2.75, 3.05) is 27.4 Å². The first-order valence-electron chi connectivity index (χ1n) is 17.4. The van der Waals surface area contributed by atoms with Gasteiger partial charge < -0.3 is 104 Å². The molecule has 0 amide bonds. The number of aliphatic hydroxyl groups is 10. The van der Waals surface area contributed by atoms with Crippen molar-refractivity contribution in [3.63, 3.8) is 0 Å². The molecule has 16 atom stereocenters. The van der Waals surface area contributed by atoms with Gasteiger partial charge in [-0.3, -0.25) is 0 Å². The minimum Gasteiger partial charge on any atom is -0.508 e. The van der Waals surface area contributed by atoms with Crippen LogP contribution in [0.4, 0.5) is 0 Å². The van der Waals surface area contributed by atoms with Gasteiger partial charge in [0.25, 0.3) is 0 Å². The topological polar surface area (TPSA) is 326 Å². The Bertz CT molecular complexity index is 1680. The summed E-state index contributed by atoms with van der Waals surface area (Å²) in [6.45, 7) is 0.0914. The van der Waals surface area contributed by atoms with Crippen LogP contribution in [0.1, 0.15) is 24.2 Å². The number of rotatable bonds is 11. The fourth-order valence-electron chi connectivity index (χ4n) is 6.64. The molecule has 21 heteroatoms. The summed E-state index contributed by atoms with van der Waals surface area (Å²) in [5, 5.41) is 125. The molecule has 4 aliphatic heterocycles. The van der Waals surface area contributed by atoms with Gasteiger partial charge in [-0.25, -0.2) is 0 Å². The molecule has 12 N–H and O–H groups in total. The normalized spacial score (nSPS) is 38.5. The van der Waals surface area contributed by atoms with E-state index in [1.54, 1.807) is 0 Å². The van der Waals surface area contributed by atoms with Crippen molar-refractivity contribution in [2.24, 2.45) is 0 Å². The molecular formula is C35H46O21. The van der Waals surface area contributed by atoms with Gasteiger partial charge in [-0.15, -0.1) is 0 Å². The number of ether oxygens (including phenoxy) is 9. The number of hydrogen-bond acceptors (Lipinski definition) is 21. The molecule has 312 valence electrons. The zero-order valence-electron chi connectivity index (χ0n) is 30.1. The lowest BCUT2D eigenvalue weighted by molar-refractivity contribution is -0.324. The first kappa shape index (κ1) is 41.8. The molecule has 0 radical (unpaired) electrons. The summed E-state index contributed by atoms with van der Waals surface area (Å²) < 4.78 is 51.2. The Morgan fingerprint density at radius 1 is 0.607 bits per heavy atom. The Kier molecular flexibility index (Phi) is 12.7. The van der Waals surface area contributed by atoms with Crippen molar-refractivity contribution in [1.29, 1.82) is 0 Å². The van der Waals surface area contributed by atoms with Crippen molar-refractivity contribution in [3.05, 3.63) is 41.2 Å². The van der Waals surface area contributed by atoms with Gasteiger partial charge in [-0.05, 0) is 25.1 Å². The highest BCUT2D eigenvalue weighted by Crippen LogP contribution is 2.48. The number of benzene rings is 2. The van der Waals surface area contributed by atoms with Crippen LogP contribution in [-0.2, 0) is 23.7 Å². The summed E-state index contributed by atoms with van der Waals surface area (Å²) in [6, 6.07) is 5.04. The van der Waals surface area contributed by atoms with E-state index in [-0.39, 0.29) is 45.6 Å². The molecule has 4 aliphatic rings. The number of fused-ring (bicyclic) bond motifs is 1. The van der Waals surface area contributed by atoms with E-state index in [0.717, 1.165) is 6.07 Å². The second-order valence-electron chi connectivity index (χ2n) is 13.6. The molecule has 2 aromatic rings. The maximum Gasteiger partial charge on any atom is 0.229 e. The number of phenolic OH excluding ortho intramolecular Hbond substituents is 2. The van der Waals surface area contributed by atoms with Crippen LogP contribution in [0.3, 0.4) is 0 Å². The molecule has 16 unspecified atom stereocenters. The second kappa shape index (κ2) is 17.0. The van der Waals surface area contributed by atoms with E-state index in [1.807, 2.05) is 0 Å². The molecule has 4 heterocycles. The Morgan fingerprint density at radius 3 is 1.77 bits per heavy atom. The van der Waals surface area contributed by atoms with Crippen molar-refractivity contribution < 1.29 is 104 Å². The van der Waals surface area contributed by atoms with Crippen LogP contribution in [-0.4, -0.2) is 181 Å². The summed E-state index contributed by atoms with van der Waals surface area (Å²) in [7, 11) is 2.57. The molecule has 3 fully saturated rings. The molecule has 21 nitrogen and oxygen atoms in total. The molecule has 6 rings (SSSR count). The summed E-state index contributed by atoms with van der Waals surface area (Å²) >= 11 is 0. The maximum absolute atomic E-state index is 11.1. The van der Waals surface area contributed by atoms with Crippen LogP contribution in [0.15, 0.2) is 30.0 Å². The average Bonchev–Trinajstić information content (AvgIpc) is 3.18. The van der Waals surface area contributed by atoms with Crippen LogP contribution in [0.25, 0.3) is 6.08 Å². The van der Waals surface area contributed by atoms with Gasteiger partial charge in [-0.2, -0.15) is 0 Å². The molecule has 0 bridgehead atoms. The summed E-state index contributed by atoms with van der Waals surface area (Å²) in [4.78, 5) is 0. The van der Waals surface area contributed by atoms with Gasteiger partial charge in [-0.1, -0.05) is 0 Å². The largest absolute Gasteiger partial charge is 0.508 e. The predicted molar refractivity (Wildman–Crippen MR) is 181 cm³/mol. The maximum atomic E-state index is 11.1. The lowest BCUT2D eigenvalue weighted by Crippen LogP contribution is -2.61. The van der Waals surface area contributed by atoms with Crippen LogP contribution in [0.5, 0.6) is 34.5 Å². The van der Waals surface area contributed by atoms with Gasteiger partial charge in [0.15, 0.2) is 23.9 Å². The van der Waals surface area contributed by atoms with Crippen LogP contribution < -0.4 is 18.9 Å². The summed E-state index contributed by atoms with van der Waals surface area (Å²) in [5.74, 6) is -1.37. The third-order valence-corrected chi connectivity index (χ3v) is 9.93. The Morgan fingerprint density at radius 2 is 1.16 bits per heavy atom. The van der Waals surface area contributed by atoms with Crippen LogP contribution >= 0.6 is 0 Å². The summed E-state index contributed by atoms with van der Waals surface area (Å²) in [6.07, 6.45) is -24.4. The van der Waals surface area contributed by atoms with E-state index in [2.05, 4.69) is 0 Å². The van der Waals surface area contributed by atoms with Gasteiger partial charge in [0.05, 0.1) is 39.1 Å². The third kappa shape index (κ3) is 8.01. The fourth-order valence-corrected chi connectivity index (χ4v) is 6.64. The standard InChI is InChI=1S/C35H46O21/c1-11-22(38)26(42)29(45)33(51-11)50-10-21-25(41)28(44)31(47)35(56-21)54-19-8-14-15(52-32(19)12-4-17(48-2)23(39)18(5-12)49-3)6-13(37)7-16(14)53-34-30(46)27(43)24(40)20(9-36)55-34/h4-8,11,20-22,24-47H,9-10H2,1-3H3. The van der Waals surface area contributed by atoms with E-state index >= 15 is 0 Å². The van der Waals surface area contributed by atoms with Crippen LogP contribution in [0, 0.1) is 0 Å². The van der Waals surface area contributed by atoms with Crippen molar-refractivity contribution in [2.45, 2.75) is 105 Å². The van der Waals surface area contributed by atoms with E-state index in [0.29, 0.717) is 0 Å². The van der Waals surface area contributed by atoms with Crippen LogP contribution in [0.2, 0.25) is 0 Å². The zero-order valence-corrected chi connectivity index (χ0v) is 30.1. The predicted octanol–water partition coefficient (Wildman–Crippen LogP) is -3.56. The minimum atomic E-state index is -1.92. The van der Waals surface area contributed by atoms with Crippen molar-refractivity contribution in [1.82, 2.24) is 0 Å². The van der Waals surface area contributed by atoms with E-state index < -0.39 is 117 Å².